The quantitative estimate of drug-likeness (QED) is 0.0601. The van der Waals surface area contributed by atoms with Gasteiger partial charge >= 0.3 is 11.9 Å². The number of nitrogens with two attached hydrogens (primary N) is 3. The second-order valence-electron chi connectivity index (χ2n) is 7.02. The molecule has 0 bridgehead atoms. The molecule has 0 spiro atoms. The molecule has 0 rings (SSSR count). The first-order chi connectivity index (χ1) is 15.3. The predicted octanol–water partition coefficient (Wildman–Crippen LogP) is -5.25. The predicted molar refractivity (Wildman–Crippen MR) is 112 cm³/mol. The molecule has 16 nitrogen and oxygen atoms in total. The summed E-state index contributed by atoms with van der Waals surface area (Å²) in [4.78, 5) is 62.6. The molecule has 0 aliphatic carbocycles. The normalized spacial score (nSPS) is 15.2. The van der Waals surface area contributed by atoms with Gasteiger partial charge in [-0.25, -0.2) is 4.79 Å². The Kier molecular flexibility index (Phi) is 13.0. The first-order valence-corrected chi connectivity index (χ1v) is 9.75. The van der Waals surface area contributed by atoms with E-state index in [2.05, 4.69) is 20.9 Å². The fourth-order valence-electron chi connectivity index (χ4n) is 2.44. The van der Waals surface area contributed by atoms with Crippen LogP contribution in [0.5, 0.6) is 0 Å². The highest BCUT2D eigenvalue weighted by Crippen LogP contribution is 2.03. The molecule has 188 valence electrons. The lowest BCUT2D eigenvalue weighted by atomic mass is 10.1. The molecule has 0 aliphatic rings. The van der Waals surface area contributed by atoms with Crippen molar-refractivity contribution in [1.29, 1.82) is 0 Å². The van der Waals surface area contributed by atoms with Crippen molar-refractivity contribution in [1.82, 2.24) is 16.0 Å². The molecule has 16 heteroatoms. The minimum absolute atomic E-state index is 0.0744. The summed E-state index contributed by atoms with van der Waals surface area (Å²) in [5.74, 6) is -6.10. The fourth-order valence-corrected chi connectivity index (χ4v) is 2.44. The van der Waals surface area contributed by atoms with Crippen LogP contribution >= 0.6 is 0 Å². The van der Waals surface area contributed by atoms with E-state index in [-0.39, 0.29) is 25.3 Å². The number of nitrogens with one attached hydrogen (secondary N) is 3. The molecule has 0 aromatic rings. The second kappa shape index (κ2) is 14.5. The van der Waals surface area contributed by atoms with Gasteiger partial charge in [0.15, 0.2) is 12.0 Å². The average Bonchev–Trinajstić information content (AvgIpc) is 2.70. The number of aliphatic hydroxyl groups excluding tert-OH is 2. The van der Waals surface area contributed by atoms with Crippen LogP contribution in [0.2, 0.25) is 0 Å². The van der Waals surface area contributed by atoms with E-state index in [1.54, 1.807) is 0 Å². The molecule has 5 unspecified atom stereocenters. The second-order valence-corrected chi connectivity index (χ2v) is 7.02. The molecule has 0 saturated heterocycles. The summed E-state index contributed by atoms with van der Waals surface area (Å²) < 4.78 is 0. The number of aliphatic imine (C=N–C) groups is 1. The van der Waals surface area contributed by atoms with Crippen molar-refractivity contribution in [3.05, 3.63) is 0 Å². The van der Waals surface area contributed by atoms with E-state index in [9.17, 15) is 34.2 Å². The van der Waals surface area contributed by atoms with Gasteiger partial charge in [0, 0.05) is 6.54 Å². The highest BCUT2D eigenvalue weighted by atomic mass is 16.4. The van der Waals surface area contributed by atoms with Crippen molar-refractivity contribution >= 4 is 35.6 Å². The number of carbonyl (C=O) groups is 5. The first kappa shape index (κ1) is 29.5. The summed E-state index contributed by atoms with van der Waals surface area (Å²) in [5.41, 5.74) is 15.8. The highest BCUT2D eigenvalue weighted by Gasteiger charge is 2.31. The third-order valence-electron chi connectivity index (χ3n) is 4.17. The van der Waals surface area contributed by atoms with Gasteiger partial charge in [-0.15, -0.1) is 0 Å². The first-order valence-electron chi connectivity index (χ1n) is 9.75. The molecule has 0 fully saturated rings. The van der Waals surface area contributed by atoms with E-state index in [1.165, 1.54) is 0 Å². The van der Waals surface area contributed by atoms with Crippen LogP contribution in [0.15, 0.2) is 4.99 Å². The van der Waals surface area contributed by atoms with E-state index in [0.29, 0.717) is 0 Å². The number of carbonyl (C=O) groups excluding carboxylic acids is 3. The zero-order valence-corrected chi connectivity index (χ0v) is 17.9. The van der Waals surface area contributed by atoms with Gasteiger partial charge in [0.05, 0.1) is 25.2 Å². The fraction of sp³-hybridized carbons (Fsp3) is 0.647. The standard InChI is InChI=1S/C17H31N7O9/c1-7(26)12(16(32)33)24-14(30)9(3-2-4-21-17(19)20)22-15(31)10(6-25)23-13(29)8(18)5-11(27)28/h7-10,12,25-26H,2-6,18H2,1H3,(H,22,31)(H,23,29)(H,24,30)(H,27,28)(H,32,33)(H4,19,20,21). The highest BCUT2D eigenvalue weighted by molar-refractivity contribution is 5.94. The van der Waals surface area contributed by atoms with Gasteiger partial charge in [0.25, 0.3) is 0 Å². The number of nitrogens with zero attached hydrogens (tertiary/aromatic N) is 1. The number of hydrogen-bond donors (Lipinski definition) is 10. The van der Waals surface area contributed by atoms with Crippen molar-refractivity contribution in [2.24, 2.45) is 22.2 Å². The molecule has 0 radical (unpaired) electrons. The zero-order valence-electron chi connectivity index (χ0n) is 17.9. The Morgan fingerprint density at radius 2 is 1.48 bits per heavy atom. The Bertz CT molecular complexity index is 740. The smallest absolute Gasteiger partial charge is 0.328 e. The summed E-state index contributed by atoms with van der Waals surface area (Å²) in [6.07, 6.45) is -2.09. The maximum atomic E-state index is 12.6. The largest absolute Gasteiger partial charge is 0.481 e. The van der Waals surface area contributed by atoms with Crippen molar-refractivity contribution in [3.63, 3.8) is 0 Å². The molecule has 0 aliphatic heterocycles. The maximum Gasteiger partial charge on any atom is 0.328 e. The van der Waals surface area contributed by atoms with E-state index in [4.69, 9.17) is 27.4 Å². The number of guanidine groups is 1. The molecule has 0 aromatic heterocycles. The molecular formula is C17H31N7O9. The summed E-state index contributed by atoms with van der Waals surface area (Å²) in [6, 6.07) is -6.11. The summed E-state index contributed by atoms with van der Waals surface area (Å²) in [5, 5.41) is 43.2. The summed E-state index contributed by atoms with van der Waals surface area (Å²) in [6.45, 7) is 0.305. The van der Waals surface area contributed by atoms with Gasteiger partial charge in [-0.1, -0.05) is 0 Å². The van der Waals surface area contributed by atoms with Gasteiger partial charge in [-0.2, -0.15) is 0 Å². The molecule has 13 N–H and O–H groups in total. The lowest BCUT2D eigenvalue weighted by molar-refractivity contribution is -0.145. The average molecular weight is 477 g/mol. The minimum atomic E-state index is -1.67. The lowest BCUT2D eigenvalue weighted by Crippen LogP contribution is -2.59. The third-order valence-corrected chi connectivity index (χ3v) is 4.17. The van der Waals surface area contributed by atoms with Crippen LogP contribution in [-0.2, 0) is 24.0 Å². The molecule has 33 heavy (non-hydrogen) atoms. The third kappa shape index (κ3) is 11.6. The van der Waals surface area contributed by atoms with Crippen LogP contribution in [0.3, 0.4) is 0 Å². The molecule has 0 heterocycles. The molecular weight excluding hydrogens is 446 g/mol. The number of hydrogen-bond acceptors (Lipinski definition) is 9. The Balaban J connectivity index is 5.39. The van der Waals surface area contributed by atoms with Crippen molar-refractivity contribution in [2.75, 3.05) is 13.2 Å². The number of aliphatic carboxylic acids is 2. The van der Waals surface area contributed by atoms with E-state index in [1.807, 2.05) is 0 Å². The number of carboxylic acid groups (broad SMARTS) is 2. The van der Waals surface area contributed by atoms with Crippen LogP contribution in [0, 0.1) is 0 Å². The van der Waals surface area contributed by atoms with Crippen LogP contribution in [0.25, 0.3) is 0 Å². The Labute approximate surface area is 188 Å². The Morgan fingerprint density at radius 3 is 1.94 bits per heavy atom. The van der Waals surface area contributed by atoms with Gasteiger partial charge < -0.3 is 53.6 Å². The molecule has 3 amide bonds. The van der Waals surface area contributed by atoms with E-state index < -0.39 is 73.0 Å². The van der Waals surface area contributed by atoms with E-state index >= 15 is 0 Å². The van der Waals surface area contributed by atoms with Gasteiger partial charge in [-0.05, 0) is 19.8 Å². The lowest BCUT2D eigenvalue weighted by Gasteiger charge is -2.25. The van der Waals surface area contributed by atoms with Crippen LogP contribution in [0.4, 0.5) is 0 Å². The van der Waals surface area contributed by atoms with E-state index in [0.717, 1.165) is 6.92 Å². The van der Waals surface area contributed by atoms with Gasteiger partial charge in [-0.3, -0.25) is 24.2 Å². The van der Waals surface area contributed by atoms with Gasteiger partial charge in [0.2, 0.25) is 17.7 Å². The van der Waals surface area contributed by atoms with Crippen LogP contribution < -0.4 is 33.2 Å². The Hall–Kier alpha value is -3.50. The summed E-state index contributed by atoms with van der Waals surface area (Å²) in [7, 11) is 0. The molecule has 5 atom stereocenters. The number of rotatable bonds is 15. The number of carboxylic acids is 2. The number of aliphatic hydroxyl groups is 2. The zero-order chi connectivity index (χ0) is 25.7. The molecule has 0 saturated carbocycles. The molecule has 0 aromatic carbocycles. The van der Waals surface area contributed by atoms with Crippen molar-refractivity contribution in [2.45, 2.75) is 56.5 Å². The van der Waals surface area contributed by atoms with Gasteiger partial charge in [0.1, 0.15) is 12.1 Å². The van der Waals surface area contributed by atoms with Crippen LogP contribution in [0.1, 0.15) is 26.2 Å². The minimum Gasteiger partial charge on any atom is -0.481 e. The number of amides is 3. The maximum absolute atomic E-state index is 12.6. The van der Waals surface area contributed by atoms with Crippen LogP contribution in [-0.4, -0.2) is 99.5 Å². The SMILES string of the molecule is CC(O)C(NC(=O)C(CCCN=C(N)N)NC(=O)C(CO)NC(=O)C(N)CC(=O)O)C(=O)O. The van der Waals surface area contributed by atoms with Crippen molar-refractivity contribution in [3.8, 4) is 0 Å². The Morgan fingerprint density at radius 1 is 0.939 bits per heavy atom. The monoisotopic (exact) mass is 477 g/mol. The topological polar surface area (TPSA) is 293 Å². The summed E-state index contributed by atoms with van der Waals surface area (Å²) >= 11 is 0. The van der Waals surface area contributed by atoms with Crippen molar-refractivity contribution < 1.29 is 44.4 Å².